The molecule has 0 aliphatic heterocycles. The van der Waals surface area contributed by atoms with Crippen LogP contribution in [0.5, 0.6) is 5.06 Å². The number of hydrogen-bond donors (Lipinski definition) is 0. The molecule has 0 aliphatic carbocycles. The van der Waals surface area contributed by atoms with E-state index in [2.05, 4.69) is 4.98 Å². The van der Waals surface area contributed by atoms with Gasteiger partial charge in [0.05, 0.1) is 5.02 Å². The van der Waals surface area contributed by atoms with E-state index in [1.807, 2.05) is 48.5 Å². The van der Waals surface area contributed by atoms with Crippen molar-refractivity contribution in [3.8, 4) is 26.9 Å². The highest BCUT2D eigenvalue weighted by Gasteiger charge is 2.17. The lowest BCUT2D eigenvalue weighted by Gasteiger charge is -2.01. The van der Waals surface area contributed by atoms with Crippen molar-refractivity contribution in [2.45, 2.75) is 0 Å². The third kappa shape index (κ3) is 2.82. The molecule has 0 unspecified atom stereocenters. The van der Waals surface area contributed by atoms with Crippen molar-refractivity contribution in [2.75, 3.05) is 0 Å². The smallest absolute Gasteiger partial charge is 0.299 e. The van der Waals surface area contributed by atoms with E-state index in [0.29, 0.717) is 22.3 Å². The van der Waals surface area contributed by atoms with Crippen LogP contribution < -0.4 is 4.74 Å². The van der Waals surface area contributed by atoms with Gasteiger partial charge in [-0.25, -0.2) is 4.98 Å². The van der Waals surface area contributed by atoms with E-state index in [1.54, 1.807) is 6.07 Å². The summed E-state index contributed by atoms with van der Waals surface area (Å²) in [5.74, 6) is 0. The molecule has 3 rings (SSSR count). The van der Waals surface area contributed by atoms with Crippen LogP contribution in [0.1, 0.15) is 0 Å². The number of benzene rings is 2. The third-order valence-electron chi connectivity index (χ3n) is 2.90. The summed E-state index contributed by atoms with van der Waals surface area (Å²) in [5, 5.41) is 1.79. The van der Waals surface area contributed by atoms with E-state index >= 15 is 0 Å². The Bertz CT molecular complexity index is 771. The molecule has 0 saturated heterocycles. The summed E-state index contributed by atoms with van der Waals surface area (Å²) < 4.78 is 5.07. The highest BCUT2D eigenvalue weighted by Crippen LogP contribution is 2.41. The molecule has 0 atom stereocenters. The number of halogens is 1. The van der Waals surface area contributed by atoms with Gasteiger partial charge in [-0.3, -0.25) is 4.79 Å². The van der Waals surface area contributed by atoms with Gasteiger partial charge < -0.3 is 4.74 Å². The maximum Gasteiger partial charge on any atom is 0.299 e. The zero-order valence-electron chi connectivity index (χ0n) is 10.8. The van der Waals surface area contributed by atoms with Gasteiger partial charge in [-0.05, 0) is 6.07 Å². The lowest BCUT2D eigenvalue weighted by Crippen LogP contribution is -1.89. The fraction of sp³-hybridized carbons (Fsp3) is 0. The van der Waals surface area contributed by atoms with Crippen molar-refractivity contribution in [3.05, 3.63) is 59.6 Å². The lowest BCUT2D eigenvalue weighted by atomic mass is 10.1. The second-order valence-electron chi connectivity index (χ2n) is 4.22. The van der Waals surface area contributed by atoms with E-state index in [-0.39, 0.29) is 0 Å². The second kappa shape index (κ2) is 6.08. The molecule has 0 bridgehead atoms. The topological polar surface area (TPSA) is 39.2 Å². The van der Waals surface area contributed by atoms with Crippen molar-refractivity contribution in [1.29, 1.82) is 0 Å². The molecule has 21 heavy (non-hydrogen) atoms. The van der Waals surface area contributed by atoms with Crippen molar-refractivity contribution in [1.82, 2.24) is 4.98 Å². The Hall–Kier alpha value is -2.17. The maximum absolute atomic E-state index is 10.7. The standard InChI is InChI=1S/C16H10ClNO2S/c17-13-9-5-4-8-12(13)14-16(20-10-19)21-15(18-14)11-6-2-1-3-7-11/h1-10H. The maximum atomic E-state index is 10.7. The molecule has 0 radical (unpaired) electrons. The molecule has 3 nitrogen and oxygen atoms in total. The molecular formula is C16H10ClNO2S. The number of thiazole rings is 1. The first-order chi connectivity index (χ1) is 10.3. The molecule has 1 heterocycles. The lowest BCUT2D eigenvalue weighted by molar-refractivity contribution is -0.120. The zero-order valence-corrected chi connectivity index (χ0v) is 12.4. The quantitative estimate of drug-likeness (QED) is 0.657. The minimum absolute atomic E-state index is 0.405. The monoisotopic (exact) mass is 315 g/mol. The largest absolute Gasteiger partial charge is 0.415 e. The van der Waals surface area contributed by atoms with E-state index in [1.165, 1.54) is 11.3 Å². The summed E-state index contributed by atoms with van der Waals surface area (Å²) >= 11 is 7.52. The van der Waals surface area contributed by atoms with Crippen molar-refractivity contribution in [3.63, 3.8) is 0 Å². The normalized spacial score (nSPS) is 10.3. The third-order valence-corrected chi connectivity index (χ3v) is 4.23. The van der Waals surface area contributed by atoms with Gasteiger partial charge in [-0.1, -0.05) is 71.5 Å². The molecule has 0 amide bonds. The average Bonchev–Trinajstić information content (AvgIpc) is 2.93. The Balaban J connectivity index is 2.14. The first-order valence-electron chi connectivity index (χ1n) is 6.21. The Morgan fingerprint density at radius 2 is 1.76 bits per heavy atom. The van der Waals surface area contributed by atoms with Crippen LogP contribution >= 0.6 is 22.9 Å². The van der Waals surface area contributed by atoms with E-state index in [0.717, 1.165) is 16.1 Å². The highest BCUT2D eigenvalue weighted by molar-refractivity contribution is 7.17. The first-order valence-corrected chi connectivity index (χ1v) is 7.40. The van der Waals surface area contributed by atoms with Crippen molar-refractivity contribution < 1.29 is 9.53 Å². The Kier molecular flexibility index (Phi) is 3.99. The van der Waals surface area contributed by atoms with Crippen molar-refractivity contribution >= 4 is 29.4 Å². The average molecular weight is 316 g/mol. The van der Waals surface area contributed by atoms with Crippen LogP contribution in [-0.2, 0) is 4.79 Å². The zero-order chi connectivity index (χ0) is 14.7. The minimum Gasteiger partial charge on any atom is -0.415 e. The van der Waals surface area contributed by atoms with E-state index < -0.39 is 0 Å². The van der Waals surface area contributed by atoms with Gasteiger partial charge in [-0.2, -0.15) is 0 Å². The van der Waals surface area contributed by atoms with Crippen LogP contribution in [0.2, 0.25) is 5.02 Å². The van der Waals surface area contributed by atoms with Crippen molar-refractivity contribution in [2.24, 2.45) is 0 Å². The number of ether oxygens (including phenoxy) is 1. The van der Waals surface area contributed by atoms with E-state index in [4.69, 9.17) is 16.3 Å². The molecule has 104 valence electrons. The van der Waals surface area contributed by atoms with Crippen LogP contribution in [0.4, 0.5) is 0 Å². The fourth-order valence-corrected chi connectivity index (χ4v) is 3.09. The molecule has 0 spiro atoms. The van der Waals surface area contributed by atoms with Gasteiger partial charge in [0.25, 0.3) is 6.47 Å². The molecule has 5 heteroatoms. The second-order valence-corrected chi connectivity index (χ2v) is 5.58. The summed E-state index contributed by atoms with van der Waals surface area (Å²) in [5.41, 5.74) is 2.29. The summed E-state index contributed by atoms with van der Waals surface area (Å²) in [6, 6.07) is 17.1. The number of hydrogen-bond acceptors (Lipinski definition) is 4. The van der Waals surface area contributed by atoms with Crippen LogP contribution in [0, 0.1) is 0 Å². The molecule has 0 fully saturated rings. The van der Waals surface area contributed by atoms with Crippen LogP contribution in [-0.4, -0.2) is 11.5 Å². The van der Waals surface area contributed by atoms with Gasteiger partial charge in [0.2, 0.25) is 5.06 Å². The summed E-state index contributed by atoms with van der Waals surface area (Å²) in [4.78, 5) is 15.3. The van der Waals surface area contributed by atoms with Crippen LogP contribution in [0.3, 0.4) is 0 Å². The number of carbonyl (C=O) groups excluding carboxylic acids is 1. The predicted molar refractivity (Wildman–Crippen MR) is 84.7 cm³/mol. The highest BCUT2D eigenvalue weighted by atomic mass is 35.5. The summed E-state index contributed by atoms with van der Waals surface area (Å²) in [6.45, 7) is 0.405. The van der Waals surface area contributed by atoms with Crippen LogP contribution in [0.25, 0.3) is 21.8 Å². The number of carbonyl (C=O) groups is 1. The summed E-state index contributed by atoms with van der Waals surface area (Å²) in [6.07, 6.45) is 0. The molecule has 3 aromatic rings. The number of nitrogens with zero attached hydrogens (tertiary/aromatic N) is 1. The van der Waals surface area contributed by atoms with Gasteiger partial charge in [0, 0.05) is 11.1 Å². The van der Waals surface area contributed by atoms with Gasteiger partial charge >= 0.3 is 0 Å². The molecule has 0 aliphatic rings. The van der Waals surface area contributed by atoms with Crippen LogP contribution in [0.15, 0.2) is 54.6 Å². The number of aromatic nitrogens is 1. The molecule has 1 aromatic heterocycles. The SMILES string of the molecule is O=COc1sc(-c2ccccc2)nc1-c1ccccc1Cl. The Morgan fingerprint density at radius 3 is 2.48 bits per heavy atom. The van der Waals surface area contributed by atoms with Gasteiger partial charge in [-0.15, -0.1) is 0 Å². The van der Waals surface area contributed by atoms with Gasteiger partial charge in [0.1, 0.15) is 10.7 Å². The Labute approximate surface area is 130 Å². The number of rotatable bonds is 4. The fourth-order valence-electron chi connectivity index (χ4n) is 1.96. The molecular weight excluding hydrogens is 306 g/mol. The molecule has 0 N–H and O–H groups in total. The van der Waals surface area contributed by atoms with E-state index in [9.17, 15) is 4.79 Å². The minimum atomic E-state index is 0.405. The van der Waals surface area contributed by atoms with Gasteiger partial charge in [0.15, 0.2) is 0 Å². The Morgan fingerprint density at radius 1 is 1.05 bits per heavy atom. The summed E-state index contributed by atoms with van der Waals surface area (Å²) in [7, 11) is 0. The first kappa shape index (κ1) is 13.8. The predicted octanol–water partition coefficient (Wildman–Crippen LogP) is 4.67. The molecule has 0 saturated carbocycles. The molecule has 2 aromatic carbocycles.